The van der Waals surface area contributed by atoms with Crippen LogP contribution >= 0.6 is 0 Å². The maximum absolute atomic E-state index is 12.5. The lowest BCUT2D eigenvalue weighted by Crippen LogP contribution is -2.24. The molecule has 0 aliphatic carbocycles. The molecule has 0 unspecified atom stereocenters. The van der Waals surface area contributed by atoms with Crippen molar-refractivity contribution >= 4 is 34.1 Å². The number of methoxy groups -OCH3 is 1. The fourth-order valence-electron chi connectivity index (χ4n) is 2.95. The standard InChI is InChI=1S/C19H20N4O4/c1-4-11(5-2)17(24)22-12-6-7-15-13(8-12)16-20-9-14(19(26)27-3)18(25)23(16)10-21-15/h6-11H,4-5H2,1-3H3,(H,22,24). The monoisotopic (exact) mass is 368 g/mol. The van der Waals surface area contributed by atoms with Gasteiger partial charge in [-0.15, -0.1) is 0 Å². The van der Waals surface area contributed by atoms with Crippen LogP contribution in [0.3, 0.4) is 0 Å². The molecule has 0 aliphatic heterocycles. The van der Waals surface area contributed by atoms with Crippen LogP contribution in [0.5, 0.6) is 0 Å². The molecule has 0 saturated carbocycles. The maximum atomic E-state index is 12.5. The highest BCUT2D eigenvalue weighted by Crippen LogP contribution is 2.21. The van der Waals surface area contributed by atoms with E-state index in [4.69, 9.17) is 0 Å². The van der Waals surface area contributed by atoms with Gasteiger partial charge in [-0.3, -0.25) is 9.59 Å². The molecule has 0 aliphatic rings. The molecule has 8 nitrogen and oxygen atoms in total. The zero-order chi connectivity index (χ0) is 19.6. The van der Waals surface area contributed by atoms with E-state index >= 15 is 0 Å². The Bertz CT molecular complexity index is 1090. The summed E-state index contributed by atoms with van der Waals surface area (Å²) in [5.74, 6) is -0.867. The zero-order valence-electron chi connectivity index (χ0n) is 15.4. The zero-order valence-corrected chi connectivity index (χ0v) is 15.4. The number of aromatic nitrogens is 3. The molecule has 0 fully saturated rings. The number of ether oxygens (including phenoxy) is 1. The highest BCUT2D eigenvalue weighted by atomic mass is 16.5. The number of benzene rings is 1. The topological polar surface area (TPSA) is 103 Å². The van der Waals surface area contributed by atoms with E-state index in [1.165, 1.54) is 24.0 Å². The number of nitrogens with zero attached hydrogens (tertiary/aromatic N) is 3. The van der Waals surface area contributed by atoms with E-state index in [9.17, 15) is 14.4 Å². The van der Waals surface area contributed by atoms with Gasteiger partial charge in [0.1, 0.15) is 17.5 Å². The van der Waals surface area contributed by atoms with E-state index < -0.39 is 11.5 Å². The number of fused-ring (bicyclic) bond motifs is 3. The summed E-state index contributed by atoms with van der Waals surface area (Å²) < 4.78 is 5.80. The normalized spacial score (nSPS) is 11.1. The van der Waals surface area contributed by atoms with Gasteiger partial charge in [-0.2, -0.15) is 0 Å². The Labute approximate surface area is 155 Å². The van der Waals surface area contributed by atoms with Crippen LogP contribution < -0.4 is 10.9 Å². The van der Waals surface area contributed by atoms with Crippen LogP contribution in [0, 0.1) is 5.92 Å². The third kappa shape index (κ3) is 3.38. The average molecular weight is 368 g/mol. The predicted molar refractivity (Wildman–Crippen MR) is 101 cm³/mol. The largest absolute Gasteiger partial charge is 0.465 e. The third-order valence-electron chi connectivity index (χ3n) is 4.57. The van der Waals surface area contributed by atoms with Crippen molar-refractivity contribution in [1.29, 1.82) is 0 Å². The van der Waals surface area contributed by atoms with E-state index in [0.29, 0.717) is 22.2 Å². The van der Waals surface area contributed by atoms with Gasteiger partial charge >= 0.3 is 5.97 Å². The first-order valence-corrected chi connectivity index (χ1v) is 8.69. The van der Waals surface area contributed by atoms with Crippen molar-refractivity contribution in [3.63, 3.8) is 0 Å². The Morgan fingerprint density at radius 1 is 1.22 bits per heavy atom. The number of anilines is 1. The maximum Gasteiger partial charge on any atom is 0.345 e. The molecular weight excluding hydrogens is 348 g/mol. The van der Waals surface area contributed by atoms with Gasteiger partial charge in [0.05, 0.1) is 12.6 Å². The van der Waals surface area contributed by atoms with Gasteiger partial charge in [0, 0.05) is 23.2 Å². The first kappa shape index (κ1) is 18.5. The summed E-state index contributed by atoms with van der Waals surface area (Å²) in [6.45, 7) is 3.95. The van der Waals surface area contributed by atoms with E-state index in [0.717, 1.165) is 12.8 Å². The lowest BCUT2D eigenvalue weighted by Gasteiger charge is -2.13. The number of nitrogens with one attached hydrogen (secondary N) is 1. The molecule has 8 heteroatoms. The molecule has 3 rings (SSSR count). The predicted octanol–water partition coefficient (Wildman–Crippen LogP) is 2.40. The van der Waals surface area contributed by atoms with Gasteiger partial charge in [-0.25, -0.2) is 19.2 Å². The minimum Gasteiger partial charge on any atom is -0.465 e. The molecule has 140 valence electrons. The van der Waals surface area contributed by atoms with Gasteiger partial charge < -0.3 is 10.1 Å². The molecule has 1 amide bonds. The van der Waals surface area contributed by atoms with E-state index in [1.54, 1.807) is 18.2 Å². The summed E-state index contributed by atoms with van der Waals surface area (Å²) in [6, 6.07) is 5.23. The Kier molecular flexibility index (Phi) is 5.16. The molecule has 1 N–H and O–H groups in total. The summed E-state index contributed by atoms with van der Waals surface area (Å²) in [5, 5.41) is 3.49. The number of hydrogen-bond acceptors (Lipinski definition) is 6. The summed E-state index contributed by atoms with van der Waals surface area (Å²) in [4.78, 5) is 45.0. The molecule has 0 saturated heterocycles. The van der Waals surface area contributed by atoms with Crippen LogP contribution in [0.25, 0.3) is 16.6 Å². The van der Waals surface area contributed by atoms with Crippen LogP contribution in [0.1, 0.15) is 37.0 Å². The van der Waals surface area contributed by atoms with Crippen LogP contribution in [0.2, 0.25) is 0 Å². The number of rotatable bonds is 5. The van der Waals surface area contributed by atoms with Gasteiger partial charge in [0.15, 0.2) is 0 Å². The van der Waals surface area contributed by atoms with Crippen molar-refractivity contribution in [1.82, 2.24) is 14.4 Å². The average Bonchev–Trinajstić information content (AvgIpc) is 2.68. The lowest BCUT2D eigenvalue weighted by molar-refractivity contribution is -0.120. The molecule has 2 aromatic heterocycles. The number of esters is 1. The Balaban J connectivity index is 2.11. The van der Waals surface area contributed by atoms with E-state index in [2.05, 4.69) is 20.0 Å². The SMILES string of the molecule is CCC(CC)C(=O)Nc1ccc2ncn3c(=O)c(C(=O)OC)cnc3c2c1. The number of carbonyl (C=O) groups is 2. The van der Waals surface area contributed by atoms with E-state index in [-0.39, 0.29) is 17.4 Å². The fourth-order valence-corrected chi connectivity index (χ4v) is 2.95. The summed E-state index contributed by atoms with van der Waals surface area (Å²) >= 11 is 0. The van der Waals surface area contributed by atoms with Crippen molar-refractivity contribution in [3.8, 4) is 0 Å². The molecule has 2 heterocycles. The van der Waals surface area contributed by atoms with Crippen LogP contribution in [0.15, 0.2) is 35.5 Å². The summed E-state index contributed by atoms with van der Waals surface area (Å²) in [5.41, 5.74) is 0.826. The number of carbonyl (C=O) groups excluding carboxylic acids is 2. The fraction of sp³-hybridized carbons (Fsp3) is 0.316. The van der Waals surface area contributed by atoms with Crippen LogP contribution in [0.4, 0.5) is 5.69 Å². The second-order valence-electron chi connectivity index (χ2n) is 6.14. The Morgan fingerprint density at radius 3 is 2.63 bits per heavy atom. The smallest absolute Gasteiger partial charge is 0.345 e. The molecule has 0 spiro atoms. The quantitative estimate of drug-likeness (QED) is 0.548. The van der Waals surface area contributed by atoms with Gasteiger partial charge in [0.25, 0.3) is 5.56 Å². The van der Waals surface area contributed by atoms with Crippen molar-refractivity contribution in [2.75, 3.05) is 12.4 Å². The molecule has 0 radical (unpaired) electrons. The van der Waals surface area contributed by atoms with Crippen LogP contribution in [-0.2, 0) is 9.53 Å². The van der Waals surface area contributed by atoms with Gasteiger partial charge in [0.2, 0.25) is 5.91 Å². The second kappa shape index (κ2) is 7.53. The van der Waals surface area contributed by atoms with Crippen molar-refractivity contribution in [2.24, 2.45) is 5.92 Å². The van der Waals surface area contributed by atoms with E-state index in [1.807, 2.05) is 13.8 Å². The first-order valence-electron chi connectivity index (χ1n) is 8.69. The molecular formula is C19H20N4O4. The summed E-state index contributed by atoms with van der Waals surface area (Å²) in [7, 11) is 1.20. The molecule has 0 bridgehead atoms. The Hall–Kier alpha value is -3.29. The second-order valence-corrected chi connectivity index (χ2v) is 6.14. The molecule has 1 aromatic carbocycles. The third-order valence-corrected chi connectivity index (χ3v) is 4.57. The van der Waals surface area contributed by atoms with Crippen LogP contribution in [-0.4, -0.2) is 33.4 Å². The minimum absolute atomic E-state index is 0.0503. The van der Waals surface area contributed by atoms with Crippen molar-refractivity contribution in [2.45, 2.75) is 26.7 Å². The minimum atomic E-state index is -0.756. The molecule has 27 heavy (non-hydrogen) atoms. The van der Waals surface area contributed by atoms with Gasteiger partial charge in [-0.05, 0) is 31.0 Å². The molecule has 0 atom stereocenters. The molecule has 3 aromatic rings. The highest BCUT2D eigenvalue weighted by Gasteiger charge is 2.17. The summed E-state index contributed by atoms with van der Waals surface area (Å²) in [6.07, 6.45) is 4.03. The van der Waals surface area contributed by atoms with Crippen molar-refractivity contribution < 1.29 is 14.3 Å². The number of hydrogen-bond donors (Lipinski definition) is 1. The van der Waals surface area contributed by atoms with Crippen molar-refractivity contribution in [3.05, 3.63) is 46.6 Å². The highest BCUT2D eigenvalue weighted by molar-refractivity contribution is 5.98. The first-order chi connectivity index (χ1) is 13.0. The van der Waals surface area contributed by atoms with Gasteiger partial charge in [-0.1, -0.05) is 13.8 Å². The Morgan fingerprint density at radius 2 is 1.96 bits per heavy atom. The number of amides is 1. The lowest BCUT2D eigenvalue weighted by atomic mass is 10.0.